The zero-order chi connectivity index (χ0) is 11.6. The fourth-order valence-electron chi connectivity index (χ4n) is 1.27. The van der Waals surface area contributed by atoms with Crippen LogP contribution in [0.3, 0.4) is 0 Å². The number of carboxylic acid groups (broad SMARTS) is 1. The van der Waals surface area contributed by atoms with Crippen molar-refractivity contribution in [1.29, 1.82) is 0 Å². The van der Waals surface area contributed by atoms with Gasteiger partial charge >= 0.3 is 5.97 Å². The molecule has 0 unspecified atom stereocenters. The van der Waals surface area contributed by atoms with Crippen LogP contribution in [-0.4, -0.2) is 17.0 Å². The van der Waals surface area contributed by atoms with Crippen LogP contribution in [0.5, 0.6) is 0 Å². The molecule has 78 valence electrons. The summed E-state index contributed by atoms with van der Waals surface area (Å²) >= 11 is 0. The first kappa shape index (κ1) is 11.0. The van der Waals surface area contributed by atoms with Crippen molar-refractivity contribution in [2.24, 2.45) is 5.73 Å². The molecule has 0 fully saturated rings. The number of hydrogen-bond donors (Lipinski definition) is 2. The highest BCUT2D eigenvalue weighted by molar-refractivity contribution is 6.18. The van der Waals surface area contributed by atoms with E-state index < -0.39 is 11.9 Å². The van der Waals surface area contributed by atoms with E-state index in [9.17, 15) is 9.59 Å². The monoisotopic (exact) mass is 205 g/mol. The quantitative estimate of drug-likeness (QED) is 0.727. The number of rotatable bonds is 3. The van der Waals surface area contributed by atoms with Crippen LogP contribution in [0.15, 0.2) is 24.8 Å². The maximum Gasteiger partial charge on any atom is 0.335 e. The maximum absolute atomic E-state index is 10.9. The topological polar surface area (TPSA) is 80.4 Å². The molecule has 0 saturated carbocycles. The molecule has 0 aromatic heterocycles. The van der Waals surface area contributed by atoms with Gasteiger partial charge in [-0.2, -0.15) is 0 Å². The minimum Gasteiger partial charge on any atom is -0.478 e. The minimum atomic E-state index is -1.01. The summed E-state index contributed by atoms with van der Waals surface area (Å²) in [5, 5.41) is 8.73. The first-order chi connectivity index (χ1) is 6.93. The first-order valence-electron chi connectivity index (χ1n) is 4.26. The molecule has 4 heteroatoms. The van der Waals surface area contributed by atoms with Crippen LogP contribution in [0.2, 0.25) is 0 Å². The first-order valence-corrected chi connectivity index (χ1v) is 4.26. The van der Waals surface area contributed by atoms with Crippen molar-refractivity contribution >= 4 is 17.4 Å². The molecule has 0 aliphatic rings. The summed E-state index contributed by atoms with van der Waals surface area (Å²) in [6, 6.07) is 4.43. The lowest BCUT2D eigenvalue weighted by Crippen LogP contribution is -2.13. The van der Waals surface area contributed by atoms with E-state index in [1.54, 1.807) is 6.92 Å². The van der Waals surface area contributed by atoms with Crippen LogP contribution in [0.1, 0.15) is 21.5 Å². The molecule has 3 N–H and O–H groups in total. The van der Waals surface area contributed by atoms with Crippen LogP contribution in [0.4, 0.5) is 0 Å². The number of carbonyl (C=O) groups excluding carboxylic acids is 1. The average Bonchev–Trinajstić information content (AvgIpc) is 2.16. The number of amides is 1. The van der Waals surface area contributed by atoms with Crippen LogP contribution in [0.25, 0.3) is 5.57 Å². The summed E-state index contributed by atoms with van der Waals surface area (Å²) in [5.41, 5.74) is 6.68. The Balaban J connectivity index is 3.19. The van der Waals surface area contributed by atoms with Gasteiger partial charge in [0.2, 0.25) is 5.91 Å². The van der Waals surface area contributed by atoms with E-state index >= 15 is 0 Å². The summed E-state index contributed by atoms with van der Waals surface area (Å²) in [4.78, 5) is 21.5. The van der Waals surface area contributed by atoms with Gasteiger partial charge in [0.1, 0.15) is 0 Å². The molecule has 0 radical (unpaired) electrons. The van der Waals surface area contributed by atoms with Gasteiger partial charge in [-0.25, -0.2) is 4.79 Å². The van der Waals surface area contributed by atoms with Gasteiger partial charge in [-0.1, -0.05) is 12.6 Å². The molecule has 0 bridgehead atoms. The normalized spacial score (nSPS) is 9.67. The third-order valence-electron chi connectivity index (χ3n) is 2.10. The Bertz CT molecular complexity index is 449. The highest BCUT2D eigenvalue weighted by atomic mass is 16.4. The molecule has 15 heavy (non-hydrogen) atoms. The second-order valence-corrected chi connectivity index (χ2v) is 3.18. The number of primary amides is 1. The zero-order valence-electron chi connectivity index (χ0n) is 8.28. The van der Waals surface area contributed by atoms with E-state index in [0.717, 1.165) is 0 Å². The lowest BCUT2D eigenvalue weighted by molar-refractivity contribution is -0.112. The van der Waals surface area contributed by atoms with Crippen molar-refractivity contribution in [2.45, 2.75) is 6.92 Å². The van der Waals surface area contributed by atoms with Crippen molar-refractivity contribution in [3.05, 3.63) is 41.5 Å². The third kappa shape index (κ3) is 2.22. The molecule has 0 saturated heterocycles. The van der Waals surface area contributed by atoms with Crippen LogP contribution >= 0.6 is 0 Å². The van der Waals surface area contributed by atoms with Gasteiger partial charge in [0.25, 0.3) is 0 Å². The second kappa shape index (κ2) is 3.96. The van der Waals surface area contributed by atoms with E-state index in [1.807, 2.05) is 0 Å². The fourth-order valence-corrected chi connectivity index (χ4v) is 1.27. The van der Waals surface area contributed by atoms with Gasteiger partial charge in [-0.15, -0.1) is 0 Å². The minimum absolute atomic E-state index is 0.175. The van der Waals surface area contributed by atoms with Gasteiger partial charge in [0, 0.05) is 5.57 Å². The number of nitrogens with two attached hydrogens (primary N) is 1. The molecule has 1 aromatic rings. The largest absolute Gasteiger partial charge is 0.478 e. The van der Waals surface area contributed by atoms with E-state index in [0.29, 0.717) is 11.1 Å². The standard InChI is InChI=1S/C11H11NO3/c1-6-5-8(11(14)15)3-4-9(6)7(2)10(12)13/h3-5H,2H2,1H3,(H2,12,13)(H,14,15). The average molecular weight is 205 g/mol. The smallest absolute Gasteiger partial charge is 0.335 e. The summed E-state index contributed by atoms with van der Waals surface area (Å²) in [5.74, 6) is -1.62. The fraction of sp³-hybridized carbons (Fsp3) is 0.0909. The highest BCUT2D eigenvalue weighted by Crippen LogP contribution is 2.18. The van der Waals surface area contributed by atoms with Gasteiger partial charge in [-0.05, 0) is 30.2 Å². The molecular formula is C11H11NO3. The Kier molecular flexibility index (Phi) is 2.90. The Morgan fingerprint density at radius 3 is 2.40 bits per heavy atom. The lowest BCUT2D eigenvalue weighted by Gasteiger charge is -2.06. The van der Waals surface area contributed by atoms with Crippen molar-refractivity contribution in [3.63, 3.8) is 0 Å². The zero-order valence-corrected chi connectivity index (χ0v) is 8.28. The van der Waals surface area contributed by atoms with Crippen LogP contribution in [-0.2, 0) is 4.79 Å². The Labute approximate surface area is 87.0 Å². The predicted molar refractivity (Wildman–Crippen MR) is 56.4 cm³/mol. The van der Waals surface area contributed by atoms with E-state index in [1.165, 1.54) is 18.2 Å². The van der Waals surface area contributed by atoms with Crippen molar-refractivity contribution < 1.29 is 14.7 Å². The van der Waals surface area contributed by atoms with E-state index in [-0.39, 0.29) is 11.1 Å². The summed E-state index contributed by atoms with van der Waals surface area (Å²) < 4.78 is 0. The molecular weight excluding hydrogens is 194 g/mol. The number of carbonyl (C=O) groups is 2. The number of aromatic carboxylic acids is 1. The molecule has 0 heterocycles. The van der Waals surface area contributed by atoms with Crippen molar-refractivity contribution in [2.75, 3.05) is 0 Å². The molecule has 0 aliphatic heterocycles. The summed E-state index contributed by atoms with van der Waals surface area (Å²) in [7, 11) is 0. The molecule has 0 aliphatic carbocycles. The molecule has 4 nitrogen and oxygen atoms in total. The highest BCUT2D eigenvalue weighted by Gasteiger charge is 2.10. The number of benzene rings is 1. The summed E-state index contributed by atoms with van der Waals surface area (Å²) in [6.07, 6.45) is 0. The van der Waals surface area contributed by atoms with E-state index in [2.05, 4.69) is 6.58 Å². The van der Waals surface area contributed by atoms with Crippen molar-refractivity contribution in [3.8, 4) is 0 Å². The second-order valence-electron chi connectivity index (χ2n) is 3.18. The van der Waals surface area contributed by atoms with Gasteiger partial charge in [-0.3, -0.25) is 4.79 Å². The lowest BCUT2D eigenvalue weighted by atomic mass is 9.99. The van der Waals surface area contributed by atoms with Gasteiger partial charge < -0.3 is 10.8 Å². The van der Waals surface area contributed by atoms with Gasteiger partial charge in [0.05, 0.1) is 5.56 Å². The van der Waals surface area contributed by atoms with Gasteiger partial charge in [0.15, 0.2) is 0 Å². The van der Waals surface area contributed by atoms with Crippen LogP contribution in [0, 0.1) is 6.92 Å². The number of hydrogen-bond acceptors (Lipinski definition) is 2. The molecule has 0 atom stereocenters. The molecule has 1 aromatic carbocycles. The van der Waals surface area contributed by atoms with E-state index in [4.69, 9.17) is 10.8 Å². The Morgan fingerprint density at radius 2 is 2.00 bits per heavy atom. The molecule has 1 rings (SSSR count). The number of carboxylic acids is 1. The maximum atomic E-state index is 10.9. The van der Waals surface area contributed by atoms with Crippen molar-refractivity contribution in [1.82, 2.24) is 0 Å². The summed E-state index contributed by atoms with van der Waals surface area (Å²) in [6.45, 7) is 5.24. The molecule has 0 spiro atoms. The predicted octanol–water partition coefficient (Wildman–Crippen LogP) is 1.19. The number of aryl methyl sites for hydroxylation is 1. The molecule has 1 amide bonds. The van der Waals surface area contributed by atoms with Crippen LogP contribution < -0.4 is 5.73 Å². The SMILES string of the molecule is C=C(C(N)=O)c1ccc(C(=O)O)cc1C. The Morgan fingerprint density at radius 1 is 1.40 bits per heavy atom. The Hall–Kier alpha value is -2.10. The third-order valence-corrected chi connectivity index (χ3v) is 2.10.